The minimum atomic E-state index is -0.935. The zero-order chi connectivity index (χ0) is 21.5. The number of carboxylic acids is 1. The van der Waals surface area contributed by atoms with E-state index >= 15 is 0 Å². The summed E-state index contributed by atoms with van der Waals surface area (Å²) < 4.78 is 0. The van der Waals surface area contributed by atoms with Crippen molar-refractivity contribution in [2.75, 3.05) is 0 Å². The Labute approximate surface area is 200 Å². The van der Waals surface area contributed by atoms with E-state index in [9.17, 15) is 4.79 Å². The Morgan fingerprint density at radius 2 is 1.09 bits per heavy atom. The van der Waals surface area contributed by atoms with Crippen LogP contribution in [0.25, 0.3) is 6.08 Å². The van der Waals surface area contributed by atoms with Crippen LogP contribution in [0.5, 0.6) is 0 Å². The highest BCUT2D eigenvalue weighted by Crippen LogP contribution is 2.32. The number of benzene rings is 4. The van der Waals surface area contributed by atoms with E-state index in [0.29, 0.717) is 0 Å². The standard InChI is InChI=1S/C28H23O2P.BrH/c29-28(30)20-17-22-11-13-23(14-12-22)21-24-15-18-27(19-16-24)31(25-7-3-1-4-8-25)26-9-5-2-6-10-26;/h1-20H,21H2,(H,29,30);1H/b20-17+;. The number of carboxylic acid groups (broad SMARTS) is 1. The third-order valence-electron chi connectivity index (χ3n) is 5.03. The van der Waals surface area contributed by atoms with Crippen LogP contribution in [0.15, 0.2) is 115 Å². The molecule has 0 aliphatic heterocycles. The Morgan fingerprint density at radius 1 is 0.656 bits per heavy atom. The zero-order valence-corrected chi connectivity index (χ0v) is 20.1. The maximum absolute atomic E-state index is 10.7. The summed E-state index contributed by atoms with van der Waals surface area (Å²) >= 11 is 0. The molecular weight excluding hydrogens is 479 g/mol. The summed E-state index contributed by atoms with van der Waals surface area (Å²) in [5, 5.41) is 12.8. The molecule has 1 N–H and O–H groups in total. The van der Waals surface area contributed by atoms with E-state index in [-0.39, 0.29) is 17.0 Å². The van der Waals surface area contributed by atoms with E-state index in [1.165, 1.54) is 27.0 Å². The Hall–Kier alpha value is -3.00. The third-order valence-corrected chi connectivity index (χ3v) is 7.47. The fraction of sp³-hybridized carbons (Fsp3) is 0.0357. The molecule has 4 rings (SSSR count). The van der Waals surface area contributed by atoms with E-state index in [4.69, 9.17) is 5.11 Å². The maximum Gasteiger partial charge on any atom is 0.328 e. The highest BCUT2D eigenvalue weighted by atomic mass is 79.9. The number of carbonyl (C=O) groups is 1. The van der Waals surface area contributed by atoms with Crippen molar-refractivity contribution in [3.8, 4) is 0 Å². The number of halogens is 1. The molecule has 0 bridgehead atoms. The average Bonchev–Trinajstić information content (AvgIpc) is 2.81. The molecule has 160 valence electrons. The van der Waals surface area contributed by atoms with Crippen LogP contribution in [-0.4, -0.2) is 11.1 Å². The van der Waals surface area contributed by atoms with Gasteiger partial charge < -0.3 is 5.11 Å². The first-order valence-electron chi connectivity index (χ1n) is 10.2. The third kappa shape index (κ3) is 6.26. The van der Waals surface area contributed by atoms with Gasteiger partial charge in [0.1, 0.15) is 0 Å². The molecule has 0 spiro atoms. The summed E-state index contributed by atoms with van der Waals surface area (Å²) in [5.74, 6) is -0.935. The molecule has 0 aromatic heterocycles. The van der Waals surface area contributed by atoms with Gasteiger partial charge in [0.15, 0.2) is 0 Å². The Balaban J connectivity index is 0.00000289. The molecule has 0 unspecified atom stereocenters. The molecule has 0 radical (unpaired) electrons. The van der Waals surface area contributed by atoms with Crippen LogP contribution in [0, 0.1) is 0 Å². The summed E-state index contributed by atoms with van der Waals surface area (Å²) in [5.41, 5.74) is 3.35. The van der Waals surface area contributed by atoms with Gasteiger partial charge in [0.2, 0.25) is 0 Å². The second kappa shape index (κ2) is 11.6. The largest absolute Gasteiger partial charge is 0.478 e. The van der Waals surface area contributed by atoms with Gasteiger partial charge in [-0.25, -0.2) is 4.79 Å². The predicted octanol–water partition coefficient (Wildman–Crippen LogP) is 5.71. The Morgan fingerprint density at radius 3 is 1.56 bits per heavy atom. The van der Waals surface area contributed by atoms with Crippen molar-refractivity contribution in [3.05, 3.63) is 132 Å². The molecule has 2 nitrogen and oxygen atoms in total. The molecule has 0 saturated heterocycles. The van der Waals surface area contributed by atoms with Crippen molar-refractivity contribution in [2.24, 2.45) is 0 Å². The fourth-order valence-electron chi connectivity index (χ4n) is 3.51. The highest BCUT2D eigenvalue weighted by molar-refractivity contribution is 8.93. The van der Waals surface area contributed by atoms with E-state index < -0.39 is 13.9 Å². The minimum absolute atomic E-state index is 0. The molecule has 4 heteroatoms. The predicted molar refractivity (Wildman–Crippen MR) is 141 cm³/mol. The lowest BCUT2D eigenvalue weighted by molar-refractivity contribution is -0.131. The summed E-state index contributed by atoms with van der Waals surface area (Å²) in [4.78, 5) is 10.7. The summed E-state index contributed by atoms with van der Waals surface area (Å²) in [6, 6.07) is 38.4. The summed E-state index contributed by atoms with van der Waals surface area (Å²) in [6.07, 6.45) is 3.61. The molecule has 0 amide bonds. The monoisotopic (exact) mass is 502 g/mol. The first kappa shape index (κ1) is 23.7. The average molecular weight is 503 g/mol. The highest BCUT2D eigenvalue weighted by Gasteiger charge is 2.15. The van der Waals surface area contributed by atoms with Gasteiger partial charge in [-0.1, -0.05) is 109 Å². The molecule has 0 heterocycles. The van der Waals surface area contributed by atoms with Gasteiger partial charge in [0, 0.05) is 6.08 Å². The van der Waals surface area contributed by atoms with Gasteiger partial charge in [-0.15, -0.1) is 17.0 Å². The zero-order valence-electron chi connectivity index (χ0n) is 17.5. The van der Waals surface area contributed by atoms with Crippen LogP contribution in [-0.2, 0) is 11.2 Å². The number of rotatable bonds is 7. The topological polar surface area (TPSA) is 37.3 Å². The van der Waals surface area contributed by atoms with Crippen LogP contribution >= 0.6 is 24.9 Å². The van der Waals surface area contributed by atoms with Gasteiger partial charge in [-0.2, -0.15) is 0 Å². The second-order valence-corrected chi connectivity index (χ2v) is 9.48. The number of hydrogen-bond acceptors (Lipinski definition) is 1. The van der Waals surface area contributed by atoms with Crippen LogP contribution < -0.4 is 15.9 Å². The Kier molecular flexibility index (Phi) is 8.56. The van der Waals surface area contributed by atoms with Gasteiger partial charge in [-0.3, -0.25) is 0 Å². The van der Waals surface area contributed by atoms with E-state index in [2.05, 4.69) is 97.1 Å². The van der Waals surface area contributed by atoms with Crippen LogP contribution in [0.2, 0.25) is 0 Å². The van der Waals surface area contributed by atoms with Crippen molar-refractivity contribution >= 4 is 52.9 Å². The minimum Gasteiger partial charge on any atom is -0.478 e. The SMILES string of the molecule is Br.O=C(O)/C=C/c1ccc(Cc2ccc(P(c3ccccc3)c3ccccc3)cc2)cc1. The van der Waals surface area contributed by atoms with E-state index in [0.717, 1.165) is 18.1 Å². The second-order valence-electron chi connectivity index (χ2n) is 7.26. The van der Waals surface area contributed by atoms with Crippen LogP contribution in [0.3, 0.4) is 0 Å². The van der Waals surface area contributed by atoms with Gasteiger partial charge in [-0.05, 0) is 53.0 Å². The van der Waals surface area contributed by atoms with E-state index in [1.54, 1.807) is 6.08 Å². The smallest absolute Gasteiger partial charge is 0.328 e. The van der Waals surface area contributed by atoms with Crippen LogP contribution in [0.1, 0.15) is 16.7 Å². The van der Waals surface area contributed by atoms with Gasteiger partial charge in [0.05, 0.1) is 0 Å². The Bertz CT molecular complexity index is 1120. The first-order chi connectivity index (χ1) is 15.2. The quantitative estimate of drug-likeness (QED) is 0.259. The van der Waals surface area contributed by atoms with E-state index in [1.807, 2.05) is 12.1 Å². The van der Waals surface area contributed by atoms with Gasteiger partial charge in [0.25, 0.3) is 0 Å². The molecule has 0 aliphatic rings. The summed E-state index contributed by atoms with van der Waals surface area (Å²) in [6.45, 7) is 0. The maximum atomic E-state index is 10.7. The molecule has 0 atom stereocenters. The molecule has 32 heavy (non-hydrogen) atoms. The van der Waals surface area contributed by atoms with Crippen molar-refractivity contribution in [1.29, 1.82) is 0 Å². The molecule has 0 saturated carbocycles. The lowest BCUT2D eigenvalue weighted by Gasteiger charge is -2.19. The molecule has 0 fully saturated rings. The van der Waals surface area contributed by atoms with Gasteiger partial charge >= 0.3 is 5.97 Å². The lowest BCUT2D eigenvalue weighted by Crippen LogP contribution is -2.20. The first-order valence-corrected chi connectivity index (χ1v) is 11.5. The van der Waals surface area contributed by atoms with Crippen molar-refractivity contribution in [1.82, 2.24) is 0 Å². The normalized spacial score (nSPS) is 10.8. The molecule has 4 aromatic rings. The summed E-state index contributed by atoms with van der Waals surface area (Å²) in [7, 11) is -0.587. The fourth-order valence-corrected chi connectivity index (χ4v) is 5.80. The van der Waals surface area contributed by atoms with Crippen molar-refractivity contribution in [3.63, 3.8) is 0 Å². The van der Waals surface area contributed by atoms with Crippen LogP contribution in [0.4, 0.5) is 0 Å². The lowest BCUT2D eigenvalue weighted by atomic mass is 10.0. The molecule has 0 aliphatic carbocycles. The number of aliphatic carboxylic acids is 1. The molecule has 4 aromatic carbocycles. The van der Waals surface area contributed by atoms with Crippen molar-refractivity contribution < 1.29 is 9.90 Å². The molecular formula is C28H24BrO2P. The number of hydrogen-bond donors (Lipinski definition) is 1. The van der Waals surface area contributed by atoms with Crippen molar-refractivity contribution in [2.45, 2.75) is 6.42 Å².